The number of benzene rings is 1. The summed E-state index contributed by atoms with van der Waals surface area (Å²) in [5, 5.41) is 8.85. The minimum absolute atomic E-state index is 0.00240. The van der Waals surface area contributed by atoms with Gasteiger partial charge in [-0.15, -0.1) is 0 Å². The largest absolute Gasteiger partial charge is 0.397 e. The Bertz CT molecular complexity index is 571. The number of piperidine rings is 1. The van der Waals surface area contributed by atoms with Crippen molar-refractivity contribution in [2.75, 3.05) is 22.9 Å². The first-order valence-electron chi connectivity index (χ1n) is 6.90. The fraction of sp³-hybridized carbons (Fsp3) is 0.429. The Morgan fingerprint density at radius 3 is 2.90 bits per heavy atom. The van der Waals surface area contributed by atoms with Gasteiger partial charge in [-0.25, -0.2) is 0 Å². The molecule has 0 bridgehead atoms. The fourth-order valence-corrected chi connectivity index (χ4v) is 2.67. The molecule has 1 aromatic carbocycles. The molecule has 0 aliphatic carbocycles. The molecule has 2 heterocycles. The number of nitrogens with two attached hydrogens (primary N) is 1. The number of carbonyl (C=O) groups excluding carboxylic acids is 2. The monoisotopic (exact) mass is 274 g/mol. The molecular weight excluding hydrogens is 256 g/mol. The standard InChI is InChI=1S/C14H18N4O2/c15-9-6-8-3-4-13(19)18-11(8)7-12(9)17-10-2-1-5-16-14(10)20/h6-7,10,17H,1-5,15H2,(H,16,20)(H,18,19). The van der Waals surface area contributed by atoms with E-state index in [2.05, 4.69) is 16.0 Å². The highest BCUT2D eigenvalue weighted by molar-refractivity contribution is 5.96. The molecule has 3 rings (SSSR count). The Hall–Kier alpha value is -2.24. The lowest BCUT2D eigenvalue weighted by Crippen LogP contribution is -2.44. The van der Waals surface area contributed by atoms with Crippen molar-refractivity contribution in [1.29, 1.82) is 0 Å². The molecule has 0 spiro atoms. The van der Waals surface area contributed by atoms with E-state index in [1.807, 2.05) is 12.1 Å². The van der Waals surface area contributed by atoms with Crippen LogP contribution in [0.15, 0.2) is 12.1 Å². The van der Waals surface area contributed by atoms with Crippen molar-refractivity contribution in [3.05, 3.63) is 17.7 Å². The summed E-state index contributed by atoms with van der Waals surface area (Å²) in [6.07, 6.45) is 2.93. The van der Waals surface area contributed by atoms with E-state index in [4.69, 9.17) is 5.73 Å². The van der Waals surface area contributed by atoms with E-state index in [1.54, 1.807) is 0 Å². The van der Waals surface area contributed by atoms with Crippen molar-refractivity contribution in [3.63, 3.8) is 0 Å². The van der Waals surface area contributed by atoms with E-state index in [0.29, 0.717) is 24.2 Å². The second-order valence-electron chi connectivity index (χ2n) is 5.27. The number of nitrogens with one attached hydrogen (secondary N) is 3. The van der Waals surface area contributed by atoms with Crippen LogP contribution in [0, 0.1) is 0 Å². The molecule has 1 aromatic rings. The Balaban J connectivity index is 1.84. The predicted molar refractivity (Wildman–Crippen MR) is 77.5 cm³/mol. The number of fused-ring (bicyclic) bond motifs is 1. The molecule has 6 nitrogen and oxygen atoms in total. The molecule has 2 aliphatic heterocycles. The molecule has 2 amide bonds. The average molecular weight is 274 g/mol. The number of anilines is 3. The van der Waals surface area contributed by atoms with Gasteiger partial charge in [0, 0.05) is 18.7 Å². The molecule has 1 fully saturated rings. The van der Waals surface area contributed by atoms with Crippen LogP contribution >= 0.6 is 0 Å². The summed E-state index contributed by atoms with van der Waals surface area (Å²) < 4.78 is 0. The number of amides is 2. The summed E-state index contributed by atoms with van der Waals surface area (Å²) >= 11 is 0. The van der Waals surface area contributed by atoms with Crippen molar-refractivity contribution in [1.82, 2.24) is 5.32 Å². The van der Waals surface area contributed by atoms with Crippen LogP contribution in [0.5, 0.6) is 0 Å². The molecule has 1 saturated heterocycles. The Kier molecular flexibility index (Phi) is 3.22. The average Bonchev–Trinajstić information content (AvgIpc) is 2.42. The van der Waals surface area contributed by atoms with Crippen molar-refractivity contribution < 1.29 is 9.59 Å². The zero-order valence-electron chi connectivity index (χ0n) is 11.2. The SMILES string of the molecule is Nc1cc2c(cc1NC1CCCNC1=O)NC(=O)CC2. The van der Waals surface area contributed by atoms with Crippen LogP contribution in [0.2, 0.25) is 0 Å². The second-order valence-corrected chi connectivity index (χ2v) is 5.27. The molecule has 2 aliphatic rings. The van der Waals surface area contributed by atoms with E-state index >= 15 is 0 Å². The van der Waals surface area contributed by atoms with E-state index < -0.39 is 0 Å². The summed E-state index contributed by atoms with van der Waals surface area (Å²) in [5.41, 5.74) is 9.17. The maximum Gasteiger partial charge on any atom is 0.242 e. The number of aryl methyl sites for hydroxylation is 1. The number of hydrogen-bond donors (Lipinski definition) is 4. The smallest absolute Gasteiger partial charge is 0.242 e. The highest BCUT2D eigenvalue weighted by atomic mass is 16.2. The van der Waals surface area contributed by atoms with Gasteiger partial charge in [-0.1, -0.05) is 0 Å². The number of rotatable bonds is 2. The third-order valence-electron chi connectivity index (χ3n) is 3.79. The van der Waals surface area contributed by atoms with Gasteiger partial charge in [0.05, 0.1) is 11.4 Å². The van der Waals surface area contributed by atoms with Gasteiger partial charge in [0.15, 0.2) is 0 Å². The first-order chi connectivity index (χ1) is 9.63. The van der Waals surface area contributed by atoms with Crippen molar-refractivity contribution in [3.8, 4) is 0 Å². The Morgan fingerprint density at radius 2 is 2.10 bits per heavy atom. The molecule has 5 N–H and O–H groups in total. The lowest BCUT2D eigenvalue weighted by Gasteiger charge is -2.26. The normalized spacial score (nSPS) is 21.7. The van der Waals surface area contributed by atoms with Crippen LogP contribution < -0.4 is 21.7 Å². The van der Waals surface area contributed by atoms with Gasteiger partial charge >= 0.3 is 0 Å². The van der Waals surface area contributed by atoms with Gasteiger partial charge in [-0.05, 0) is 37.0 Å². The fourth-order valence-electron chi connectivity index (χ4n) is 2.67. The number of hydrogen-bond acceptors (Lipinski definition) is 4. The van der Waals surface area contributed by atoms with Gasteiger partial charge < -0.3 is 21.7 Å². The molecule has 1 atom stereocenters. The molecule has 0 saturated carbocycles. The molecule has 0 radical (unpaired) electrons. The minimum atomic E-state index is -0.261. The van der Waals surface area contributed by atoms with Crippen LogP contribution in [-0.4, -0.2) is 24.4 Å². The first kappa shape index (κ1) is 12.8. The van der Waals surface area contributed by atoms with Gasteiger partial charge in [-0.3, -0.25) is 9.59 Å². The summed E-state index contributed by atoms with van der Waals surface area (Å²) in [7, 11) is 0. The van der Waals surface area contributed by atoms with Gasteiger partial charge in [0.25, 0.3) is 0 Å². The summed E-state index contributed by atoms with van der Waals surface area (Å²) in [4.78, 5) is 23.2. The van der Waals surface area contributed by atoms with Crippen LogP contribution in [-0.2, 0) is 16.0 Å². The minimum Gasteiger partial charge on any atom is -0.397 e. The maximum atomic E-state index is 11.8. The lowest BCUT2D eigenvalue weighted by atomic mass is 10.0. The summed E-state index contributed by atoms with van der Waals surface area (Å²) in [6.45, 7) is 0.729. The quantitative estimate of drug-likeness (QED) is 0.601. The second kappa shape index (κ2) is 5.03. The molecular formula is C14H18N4O2. The summed E-state index contributed by atoms with van der Waals surface area (Å²) in [5.74, 6) is 0.0148. The van der Waals surface area contributed by atoms with Crippen LogP contribution in [0.4, 0.5) is 17.1 Å². The zero-order chi connectivity index (χ0) is 14.1. The number of carbonyl (C=O) groups is 2. The van der Waals surface area contributed by atoms with Crippen LogP contribution in [0.3, 0.4) is 0 Å². The third-order valence-corrected chi connectivity index (χ3v) is 3.79. The molecule has 6 heteroatoms. The van der Waals surface area contributed by atoms with Gasteiger partial charge in [0.2, 0.25) is 11.8 Å². The lowest BCUT2D eigenvalue weighted by molar-refractivity contribution is -0.123. The van der Waals surface area contributed by atoms with Crippen molar-refractivity contribution in [2.45, 2.75) is 31.7 Å². The first-order valence-corrected chi connectivity index (χ1v) is 6.90. The maximum absolute atomic E-state index is 11.8. The van der Waals surface area contributed by atoms with Gasteiger partial charge in [0.1, 0.15) is 6.04 Å². The van der Waals surface area contributed by atoms with Gasteiger partial charge in [-0.2, -0.15) is 0 Å². The predicted octanol–water partition coefficient (Wildman–Crippen LogP) is 0.844. The molecule has 1 unspecified atom stereocenters. The van der Waals surface area contributed by atoms with E-state index in [9.17, 15) is 9.59 Å². The van der Waals surface area contributed by atoms with E-state index in [0.717, 1.165) is 30.6 Å². The molecule has 20 heavy (non-hydrogen) atoms. The van der Waals surface area contributed by atoms with E-state index in [1.165, 1.54) is 0 Å². The highest BCUT2D eigenvalue weighted by Crippen LogP contribution is 2.31. The highest BCUT2D eigenvalue weighted by Gasteiger charge is 2.23. The molecule has 0 aromatic heterocycles. The topological polar surface area (TPSA) is 96.2 Å². The van der Waals surface area contributed by atoms with Crippen LogP contribution in [0.25, 0.3) is 0 Å². The Labute approximate surface area is 117 Å². The van der Waals surface area contributed by atoms with Crippen molar-refractivity contribution >= 4 is 28.9 Å². The van der Waals surface area contributed by atoms with Crippen molar-refractivity contribution in [2.24, 2.45) is 0 Å². The van der Waals surface area contributed by atoms with E-state index in [-0.39, 0.29) is 17.9 Å². The number of nitrogen functional groups attached to an aromatic ring is 1. The summed E-state index contributed by atoms with van der Waals surface area (Å²) in [6, 6.07) is 3.44. The van der Waals surface area contributed by atoms with Crippen LogP contribution in [0.1, 0.15) is 24.8 Å². The Morgan fingerprint density at radius 1 is 1.25 bits per heavy atom. The zero-order valence-corrected chi connectivity index (χ0v) is 11.2. The third kappa shape index (κ3) is 2.41. The molecule has 106 valence electrons.